The predicted molar refractivity (Wildman–Crippen MR) is 82.5 cm³/mol. The lowest BCUT2D eigenvalue weighted by Gasteiger charge is -2.09. The van der Waals surface area contributed by atoms with Crippen molar-refractivity contribution in [2.75, 3.05) is 7.11 Å². The zero-order valence-electron chi connectivity index (χ0n) is 12.4. The van der Waals surface area contributed by atoms with Crippen LogP contribution in [0.15, 0.2) is 12.1 Å². The summed E-state index contributed by atoms with van der Waals surface area (Å²) in [5, 5.41) is 8.47. The molecule has 1 aromatic carbocycles. The first-order chi connectivity index (χ1) is 10.5. The van der Waals surface area contributed by atoms with Gasteiger partial charge in [-0.05, 0) is 12.1 Å². The van der Waals surface area contributed by atoms with E-state index >= 15 is 0 Å². The fourth-order valence-corrected chi connectivity index (χ4v) is 2.56. The molecule has 1 aromatic heterocycles. The topological polar surface area (TPSA) is 66.2 Å². The van der Waals surface area contributed by atoms with Crippen molar-refractivity contribution in [1.82, 2.24) is 14.8 Å². The van der Waals surface area contributed by atoms with Gasteiger partial charge < -0.3 is 14.0 Å². The molecule has 0 atom stereocenters. The highest BCUT2D eigenvalue weighted by atomic mass is 35.5. The van der Waals surface area contributed by atoms with Crippen LogP contribution in [0.25, 0.3) is 0 Å². The molecule has 8 heteroatoms. The number of halogens is 2. The number of carbonyl (C=O) groups excluding carboxylic acids is 1. The smallest absolute Gasteiger partial charge is 0.338 e. The average molecular weight is 344 g/mol. The van der Waals surface area contributed by atoms with Crippen molar-refractivity contribution in [3.63, 3.8) is 0 Å². The maximum Gasteiger partial charge on any atom is 0.338 e. The van der Waals surface area contributed by atoms with Crippen LogP contribution in [-0.4, -0.2) is 27.8 Å². The zero-order chi connectivity index (χ0) is 16.3. The zero-order valence-corrected chi connectivity index (χ0v) is 13.9. The molecule has 0 aliphatic rings. The van der Waals surface area contributed by atoms with E-state index in [0.29, 0.717) is 11.6 Å². The number of nitrogens with zero attached hydrogens (tertiary/aromatic N) is 3. The molecule has 0 N–H and O–H groups in total. The molecule has 1 heterocycles. The number of aryl methyl sites for hydroxylation is 1. The summed E-state index contributed by atoms with van der Waals surface area (Å²) in [6.07, 6.45) is 0.751. The summed E-state index contributed by atoms with van der Waals surface area (Å²) in [6.45, 7) is 1.99. The Morgan fingerprint density at radius 3 is 2.32 bits per heavy atom. The minimum absolute atomic E-state index is 0.0175. The average Bonchev–Trinajstić information content (AvgIpc) is 2.84. The fraction of sp³-hybridized carbons (Fsp3) is 0.357. The van der Waals surface area contributed by atoms with E-state index in [4.69, 9.17) is 32.7 Å². The Hall–Kier alpha value is -1.79. The fourth-order valence-electron chi connectivity index (χ4n) is 1.92. The van der Waals surface area contributed by atoms with Gasteiger partial charge in [-0.25, -0.2) is 4.79 Å². The highest BCUT2D eigenvalue weighted by Gasteiger charge is 2.16. The van der Waals surface area contributed by atoms with E-state index in [0.717, 1.165) is 12.2 Å². The second kappa shape index (κ2) is 6.98. The molecule has 0 unspecified atom stereocenters. The SMILES string of the molecule is CCc1nnc(COC(=O)c2cc(Cl)c(OC)c(Cl)c2)n1C. The standard InChI is InChI=1S/C14H15Cl2N3O3/c1-4-11-17-18-12(19(11)2)7-22-14(20)8-5-9(15)13(21-3)10(16)6-8/h5-6H,4,7H2,1-3H3. The van der Waals surface area contributed by atoms with Crippen molar-refractivity contribution < 1.29 is 14.3 Å². The van der Waals surface area contributed by atoms with Crippen LogP contribution < -0.4 is 4.74 Å². The lowest BCUT2D eigenvalue weighted by atomic mass is 10.2. The Balaban J connectivity index is 2.11. The van der Waals surface area contributed by atoms with Gasteiger partial charge in [-0.15, -0.1) is 10.2 Å². The molecule has 0 aliphatic heterocycles. The van der Waals surface area contributed by atoms with Gasteiger partial charge in [-0.1, -0.05) is 30.1 Å². The maximum atomic E-state index is 12.1. The van der Waals surface area contributed by atoms with E-state index in [1.54, 1.807) is 4.57 Å². The summed E-state index contributed by atoms with van der Waals surface area (Å²) in [7, 11) is 3.27. The van der Waals surface area contributed by atoms with Crippen molar-refractivity contribution >= 4 is 29.2 Å². The number of methoxy groups -OCH3 is 1. The molecule has 0 spiro atoms. The Morgan fingerprint density at radius 2 is 1.82 bits per heavy atom. The van der Waals surface area contributed by atoms with Crippen LogP contribution >= 0.6 is 23.2 Å². The van der Waals surface area contributed by atoms with Gasteiger partial charge in [0.2, 0.25) is 0 Å². The molecule has 0 aliphatic carbocycles. The van der Waals surface area contributed by atoms with Crippen LogP contribution in [0.4, 0.5) is 0 Å². The Kier molecular flexibility index (Phi) is 5.26. The summed E-state index contributed by atoms with van der Waals surface area (Å²) < 4.78 is 12.0. The minimum atomic E-state index is -0.549. The quantitative estimate of drug-likeness (QED) is 0.780. The highest BCUT2D eigenvalue weighted by Crippen LogP contribution is 2.34. The molecule has 2 rings (SSSR count). The van der Waals surface area contributed by atoms with E-state index in [9.17, 15) is 4.79 Å². The van der Waals surface area contributed by atoms with Gasteiger partial charge in [-0.2, -0.15) is 0 Å². The van der Waals surface area contributed by atoms with Crippen molar-refractivity contribution in [3.05, 3.63) is 39.4 Å². The van der Waals surface area contributed by atoms with E-state index in [1.807, 2.05) is 14.0 Å². The highest BCUT2D eigenvalue weighted by molar-refractivity contribution is 6.37. The minimum Gasteiger partial charge on any atom is -0.494 e. The summed E-state index contributed by atoms with van der Waals surface area (Å²) in [4.78, 5) is 12.1. The van der Waals surface area contributed by atoms with Crippen molar-refractivity contribution in [2.24, 2.45) is 7.05 Å². The number of benzene rings is 1. The van der Waals surface area contributed by atoms with Crippen LogP contribution in [0, 0.1) is 0 Å². The summed E-state index contributed by atoms with van der Waals surface area (Å²) in [5.41, 5.74) is 0.244. The second-order valence-corrected chi connectivity index (χ2v) is 5.31. The number of hydrogen-bond acceptors (Lipinski definition) is 5. The first-order valence-corrected chi connectivity index (χ1v) is 7.30. The second-order valence-electron chi connectivity index (χ2n) is 4.49. The van der Waals surface area contributed by atoms with Crippen LogP contribution in [0.2, 0.25) is 10.0 Å². The predicted octanol–water partition coefficient (Wildman–Crippen LogP) is 3.05. The molecule has 0 saturated carbocycles. The van der Waals surface area contributed by atoms with Crippen LogP contribution in [-0.2, 0) is 24.8 Å². The van der Waals surface area contributed by atoms with Crippen LogP contribution in [0.1, 0.15) is 28.9 Å². The third kappa shape index (κ3) is 3.34. The molecule has 0 radical (unpaired) electrons. The first-order valence-electron chi connectivity index (χ1n) is 6.55. The molecule has 0 bridgehead atoms. The number of hydrogen-bond donors (Lipinski definition) is 0. The van der Waals surface area contributed by atoms with E-state index in [-0.39, 0.29) is 22.2 Å². The van der Waals surface area contributed by atoms with Gasteiger partial charge in [0, 0.05) is 13.5 Å². The third-order valence-corrected chi connectivity index (χ3v) is 3.70. The molecule has 0 saturated heterocycles. The number of aromatic nitrogens is 3. The number of ether oxygens (including phenoxy) is 2. The monoisotopic (exact) mass is 343 g/mol. The summed E-state index contributed by atoms with van der Waals surface area (Å²) in [5.74, 6) is 1.16. The van der Waals surface area contributed by atoms with Crippen molar-refractivity contribution in [2.45, 2.75) is 20.0 Å². The van der Waals surface area contributed by atoms with Gasteiger partial charge in [0.25, 0.3) is 0 Å². The number of carbonyl (C=O) groups is 1. The van der Waals surface area contributed by atoms with Gasteiger partial charge in [-0.3, -0.25) is 0 Å². The van der Waals surface area contributed by atoms with E-state index in [2.05, 4.69) is 10.2 Å². The molecule has 6 nitrogen and oxygen atoms in total. The number of rotatable bonds is 5. The molecular weight excluding hydrogens is 329 g/mol. The summed E-state index contributed by atoms with van der Waals surface area (Å²) >= 11 is 12.0. The van der Waals surface area contributed by atoms with Gasteiger partial charge >= 0.3 is 5.97 Å². The van der Waals surface area contributed by atoms with Gasteiger partial charge in [0.1, 0.15) is 5.82 Å². The van der Waals surface area contributed by atoms with E-state index in [1.165, 1.54) is 19.2 Å². The third-order valence-electron chi connectivity index (χ3n) is 3.14. The molecule has 118 valence electrons. The Morgan fingerprint density at radius 1 is 1.23 bits per heavy atom. The van der Waals surface area contributed by atoms with Crippen molar-refractivity contribution in [1.29, 1.82) is 0 Å². The maximum absolute atomic E-state index is 12.1. The lowest BCUT2D eigenvalue weighted by molar-refractivity contribution is 0.0458. The van der Waals surface area contributed by atoms with Crippen molar-refractivity contribution in [3.8, 4) is 5.75 Å². The lowest BCUT2D eigenvalue weighted by Crippen LogP contribution is -2.09. The Bertz CT molecular complexity index is 678. The van der Waals surface area contributed by atoms with Crippen LogP contribution in [0.3, 0.4) is 0 Å². The van der Waals surface area contributed by atoms with Gasteiger partial charge in [0.05, 0.1) is 22.7 Å². The normalized spacial score (nSPS) is 10.6. The molecule has 0 fully saturated rings. The van der Waals surface area contributed by atoms with Crippen LogP contribution in [0.5, 0.6) is 5.75 Å². The summed E-state index contributed by atoms with van der Waals surface area (Å²) in [6, 6.07) is 2.89. The molecule has 22 heavy (non-hydrogen) atoms. The first kappa shape index (κ1) is 16.6. The molecule has 2 aromatic rings. The number of esters is 1. The molecular formula is C14H15Cl2N3O3. The Labute approximate surface area is 138 Å². The van der Waals surface area contributed by atoms with Gasteiger partial charge in [0.15, 0.2) is 18.2 Å². The largest absolute Gasteiger partial charge is 0.494 e. The molecule has 0 amide bonds. The van der Waals surface area contributed by atoms with E-state index < -0.39 is 5.97 Å².